The average molecular weight is 379 g/mol. The molecule has 0 N–H and O–H groups in total. The Morgan fingerprint density at radius 2 is 2.31 bits per heavy atom. The van der Waals surface area contributed by atoms with Crippen LogP contribution in [0.25, 0.3) is 0 Å². The molecule has 1 unspecified atom stereocenters. The van der Waals surface area contributed by atoms with E-state index in [2.05, 4.69) is 11.3 Å². The standard InChI is InChI=1S/C10H13FN3O.Tm/c1-7(2)13-5-8(11)9-3-4-12-14(9)6-10(13)15;/h3,7-8H,5-6H2,1-2H3;/q-1;. The van der Waals surface area contributed by atoms with Gasteiger partial charge in [0.25, 0.3) is 0 Å². The summed E-state index contributed by atoms with van der Waals surface area (Å²) in [6.45, 7) is 3.98. The van der Waals surface area contributed by atoms with Crippen molar-refractivity contribution >= 4 is 5.91 Å². The Bertz CT molecular complexity index is 380. The molecular formula is C10H13FN3OTm-. The van der Waals surface area contributed by atoms with Gasteiger partial charge in [0.05, 0.1) is 12.7 Å². The van der Waals surface area contributed by atoms with Crippen molar-refractivity contribution in [2.75, 3.05) is 6.54 Å². The minimum absolute atomic E-state index is 0. The summed E-state index contributed by atoms with van der Waals surface area (Å²) in [5.41, 5.74) is 0.437. The van der Waals surface area contributed by atoms with Crippen LogP contribution in [0.5, 0.6) is 0 Å². The molecule has 1 aliphatic rings. The maximum absolute atomic E-state index is 13.8. The second kappa shape index (κ2) is 5.45. The van der Waals surface area contributed by atoms with Crippen LogP contribution in [0.2, 0.25) is 0 Å². The Morgan fingerprint density at radius 3 is 2.94 bits per heavy atom. The van der Waals surface area contributed by atoms with E-state index >= 15 is 0 Å². The van der Waals surface area contributed by atoms with Crippen molar-refractivity contribution in [2.45, 2.75) is 32.6 Å². The van der Waals surface area contributed by atoms with E-state index in [-0.39, 0.29) is 61.9 Å². The van der Waals surface area contributed by atoms with Crippen LogP contribution in [0.4, 0.5) is 4.39 Å². The van der Waals surface area contributed by atoms with Crippen molar-refractivity contribution in [3.05, 3.63) is 18.0 Å². The van der Waals surface area contributed by atoms with Gasteiger partial charge >= 0.3 is 0 Å². The molecule has 0 aromatic carbocycles. The number of hydrogen-bond donors (Lipinski definition) is 0. The first-order chi connectivity index (χ1) is 7.09. The number of halogens is 1. The molecule has 1 aliphatic heterocycles. The van der Waals surface area contributed by atoms with Gasteiger partial charge in [0.2, 0.25) is 5.91 Å². The summed E-state index contributed by atoms with van der Waals surface area (Å²) in [6, 6.07) is 1.52. The fourth-order valence-corrected chi connectivity index (χ4v) is 1.76. The molecular weight excluding hydrogens is 366 g/mol. The Morgan fingerprint density at radius 1 is 1.62 bits per heavy atom. The number of carbonyl (C=O) groups is 1. The largest absolute Gasteiger partial charge is 0.353 e. The molecule has 2 heterocycles. The van der Waals surface area contributed by atoms with E-state index in [9.17, 15) is 9.18 Å². The maximum atomic E-state index is 13.8. The molecule has 4 nitrogen and oxygen atoms in total. The summed E-state index contributed by atoms with van der Waals surface area (Å²) in [5.74, 6) is -0.0940. The first-order valence-electron chi connectivity index (χ1n) is 4.97. The molecule has 1 aromatic rings. The average Bonchev–Trinajstić information content (AvgIpc) is 2.56. The molecule has 95 valence electrons. The third kappa shape index (κ3) is 2.56. The second-order valence-electron chi connectivity index (χ2n) is 3.96. The predicted octanol–water partition coefficient (Wildman–Crippen LogP) is 0.944. The number of aromatic nitrogens is 2. The number of amides is 1. The van der Waals surface area contributed by atoms with Crippen LogP contribution in [0, 0.1) is 43.1 Å². The van der Waals surface area contributed by atoms with Gasteiger partial charge in [-0.05, 0) is 13.8 Å². The van der Waals surface area contributed by atoms with Crippen LogP contribution in [-0.2, 0) is 11.3 Å². The van der Waals surface area contributed by atoms with E-state index in [4.69, 9.17) is 0 Å². The topological polar surface area (TPSA) is 38.1 Å². The first kappa shape index (κ1) is 13.9. The van der Waals surface area contributed by atoms with Crippen LogP contribution < -0.4 is 0 Å². The zero-order valence-corrected chi connectivity index (χ0v) is 10.8. The smallest absolute Gasteiger partial charge is 0.242 e. The summed E-state index contributed by atoms with van der Waals surface area (Å²) in [7, 11) is 0. The number of nitrogens with zero attached hydrogens (tertiary/aromatic N) is 3. The molecule has 1 atom stereocenters. The Kier molecular flexibility index (Phi) is 4.74. The van der Waals surface area contributed by atoms with Gasteiger partial charge < -0.3 is 14.7 Å². The quantitative estimate of drug-likeness (QED) is 0.682. The van der Waals surface area contributed by atoms with Crippen LogP contribution in [-0.4, -0.2) is 33.2 Å². The number of fused-ring (bicyclic) bond motifs is 1. The normalized spacial score (nSPS) is 20.4. The van der Waals surface area contributed by atoms with Gasteiger partial charge in [-0.3, -0.25) is 9.18 Å². The van der Waals surface area contributed by atoms with Gasteiger partial charge in [0, 0.05) is 49.5 Å². The Labute approximate surface area is 123 Å². The molecule has 1 aromatic heterocycles. The molecule has 16 heavy (non-hydrogen) atoms. The molecule has 0 spiro atoms. The molecule has 0 fully saturated rings. The van der Waals surface area contributed by atoms with Gasteiger partial charge in [-0.2, -0.15) is 6.07 Å². The number of rotatable bonds is 1. The van der Waals surface area contributed by atoms with Crippen LogP contribution in [0.3, 0.4) is 0 Å². The Balaban J connectivity index is 0.00000128. The van der Waals surface area contributed by atoms with Crippen LogP contribution in [0.1, 0.15) is 25.7 Å². The van der Waals surface area contributed by atoms with E-state index in [1.54, 1.807) is 4.90 Å². The molecule has 0 aliphatic carbocycles. The first-order valence-corrected chi connectivity index (χ1v) is 4.97. The monoisotopic (exact) mass is 379 g/mol. The number of hydrogen-bond acceptors (Lipinski definition) is 2. The van der Waals surface area contributed by atoms with Gasteiger partial charge in [0.15, 0.2) is 0 Å². The van der Waals surface area contributed by atoms with Crippen molar-refractivity contribution in [1.29, 1.82) is 0 Å². The number of alkyl halides is 1. The fraction of sp³-hybridized carbons (Fsp3) is 0.600. The molecule has 0 bridgehead atoms. The van der Waals surface area contributed by atoms with Crippen molar-refractivity contribution in [1.82, 2.24) is 14.7 Å². The Hall–Kier alpha value is -0.156. The predicted molar refractivity (Wildman–Crippen MR) is 51.8 cm³/mol. The van der Waals surface area contributed by atoms with E-state index in [0.29, 0.717) is 5.69 Å². The third-order valence-corrected chi connectivity index (χ3v) is 2.60. The summed E-state index contributed by atoms with van der Waals surface area (Å²) in [6.07, 6.45) is 1.40. The van der Waals surface area contributed by atoms with Crippen molar-refractivity contribution < 1.29 is 46.1 Å². The molecule has 2 rings (SSSR count). The van der Waals surface area contributed by atoms with E-state index in [0.717, 1.165) is 0 Å². The van der Waals surface area contributed by atoms with Crippen LogP contribution >= 0.6 is 0 Å². The third-order valence-electron chi connectivity index (χ3n) is 2.60. The molecule has 0 saturated carbocycles. The van der Waals surface area contributed by atoms with Crippen molar-refractivity contribution in [3.8, 4) is 0 Å². The van der Waals surface area contributed by atoms with E-state index in [1.807, 2.05) is 13.8 Å². The van der Waals surface area contributed by atoms with Gasteiger partial charge in [0.1, 0.15) is 0 Å². The van der Waals surface area contributed by atoms with Crippen LogP contribution in [0.15, 0.2) is 6.07 Å². The van der Waals surface area contributed by atoms with Gasteiger partial charge in [-0.15, -0.1) is 6.20 Å². The SMILES string of the molecule is CC(C)N1CC(F)c2c[c-]nn2CC1=O.[Tm]. The molecule has 1 amide bonds. The maximum Gasteiger partial charge on any atom is 0.242 e. The molecule has 0 saturated heterocycles. The van der Waals surface area contributed by atoms with Gasteiger partial charge in [-0.25, -0.2) is 0 Å². The molecule has 6 heteroatoms. The van der Waals surface area contributed by atoms with Crippen molar-refractivity contribution in [3.63, 3.8) is 0 Å². The summed E-state index contributed by atoms with van der Waals surface area (Å²) >= 11 is 0. The van der Waals surface area contributed by atoms with Gasteiger partial charge in [-0.1, -0.05) is 5.69 Å². The number of carbonyl (C=O) groups excluding carboxylic acids is 1. The minimum Gasteiger partial charge on any atom is -0.353 e. The minimum atomic E-state index is -1.17. The van der Waals surface area contributed by atoms with E-state index < -0.39 is 6.17 Å². The summed E-state index contributed by atoms with van der Waals surface area (Å²) in [5, 5.41) is 3.82. The fourth-order valence-electron chi connectivity index (χ4n) is 1.76. The van der Waals surface area contributed by atoms with E-state index in [1.165, 1.54) is 10.7 Å². The zero-order chi connectivity index (χ0) is 11.0. The summed E-state index contributed by atoms with van der Waals surface area (Å²) in [4.78, 5) is 13.3. The van der Waals surface area contributed by atoms with Crippen molar-refractivity contribution in [2.24, 2.45) is 0 Å². The zero-order valence-electron chi connectivity index (χ0n) is 9.05. The summed E-state index contributed by atoms with van der Waals surface area (Å²) < 4.78 is 15.2. The molecule has 1 radical (unpaired) electrons. The second-order valence-corrected chi connectivity index (χ2v) is 3.96.